The molecular formula is C9H13Sb. The topological polar surface area (TPSA) is 0 Å². The predicted octanol–water partition coefficient (Wildman–Crippen LogP) is 2.52. The maximum atomic E-state index is 2.43. The van der Waals surface area contributed by atoms with Crippen molar-refractivity contribution in [1.29, 1.82) is 0 Å². The molecule has 0 unspecified atom stereocenters. The zero-order valence-electron chi connectivity index (χ0n) is 6.54. The molecule has 0 aliphatic carbocycles. The van der Waals surface area contributed by atoms with Crippen LogP contribution in [0.2, 0.25) is 9.74 Å². The number of benzene rings is 1. The molecule has 0 saturated carbocycles. The molecule has 0 spiro atoms. The standard InChI is InChI=1S/C7H7.2CH3.Sb/c1-7-5-3-2-4-6-7;;;/h2-6H,1H2;2*1H3;. The Hall–Kier alpha value is 0.0382. The Labute approximate surface area is 70.2 Å². The third-order valence-electron chi connectivity index (χ3n) is 1.34. The van der Waals surface area contributed by atoms with E-state index >= 15 is 0 Å². The molecule has 0 atom stereocenters. The molecular weight excluding hydrogens is 230 g/mol. The van der Waals surface area contributed by atoms with Gasteiger partial charge >= 0.3 is 70.2 Å². The van der Waals surface area contributed by atoms with E-state index in [0.717, 1.165) is 0 Å². The number of hydrogen-bond donors (Lipinski definition) is 0. The molecule has 1 rings (SSSR count). The van der Waals surface area contributed by atoms with Crippen LogP contribution in [0.3, 0.4) is 0 Å². The maximum absolute atomic E-state index is 2.43. The summed E-state index contributed by atoms with van der Waals surface area (Å²) in [7, 11) is 0. The van der Waals surface area contributed by atoms with Crippen molar-refractivity contribution in [3.63, 3.8) is 0 Å². The summed E-state index contributed by atoms with van der Waals surface area (Å²) in [6.07, 6.45) is 0. The summed E-state index contributed by atoms with van der Waals surface area (Å²) in [5.74, 6) is 0. The summed E-state index contributed by atoms with van der Waals surface area (Å²) in [6, 6.07) is 10.8. The van der Waals surface area contributed by atoms with E-state index in [-0.39, 0.29) is 0 Å². The van der Waals surface area contributed by atoms with Gasteiger partial charge in [-0.3, -0.25) is 0 Å². The van der Waals surface area contributed by atoms with E-state index in [4.69, 9.17) is 0 Å². The first-order chi connectivity index (χ1) is 4.79. The summed E-state index contributed by atoms with van der Waals surface area (Å²) in [5, 5.41) is 0. The van der Waals surface area contributed by atoms with E-state index in [1.807, 2.05) is 0 Å². The molecule has 54 valence electrons. The third-order valence-corrected chi connectivity index (χ3v) is 4.19. The van der Waals surface area contributed by atoms with Gasteiger partial charge in [-0.2, -0.15) is 0 Å². The van der Waals surface area contributed by atoms with Gasteiger partial charge in [-0.15, -0.1) is 0 Å². The Bertz CT molecular complexity index is 179. The minimum atomic E-state index is -0.769. The van der Waals surface area contributed by atoms with Crippen LogP contribution in [0.15, 0.2) is 30.3 Å². The second-order valence-electron chi connectivity index (χ2n) is 2.72. The summed E-state index contributed by atoms with van der Waals surface area (Å²) >= 11 is -0.769. The van der Waals surface area contributed by atoms with Crippen LogP contribution in [-0.2, 0) is 4.37 Å². The molecule has 0 radical (unpaired) electrons. The van der Waals surface area contributed by atoms with Crippen molar-refractivity contribution in [1.82, 2.24) is 0 Å². The van der Waals surface area contributed by atoms with Gasteiger partial charge in [0, 0.05) is 0 Å². The fourth-order valence-electron chi connectivity index (χ4n) is 0.949. The van der Waals surface area contributed by atoms with Crippen LogP contribution in [0.4, 0.5) is 0 Å². The fourth-order valence-corrected chi connectivity index (χ4v) is 3.63. The molecule has 0 amide bonds. The van der Waals surface area contributed by atoms with Crippen molar-refractivity contribution in [2.45, 2.75) is 14.1 Å². The monoisotopic (exact) mass is 242 g/mol. The first kappa shape index (κ1) is 8.14. The van der Waals surface area contributed by atoms with Crippen LogP contribution >= 0.6 is 0 Å². The molecule has 0 aliphatic heterocycles. The summed E-state index contributed by atoms with van der Waals surface area (Å²) in [5.41, 5.74) is 1.52. The number of hydrogen-bond acceptors (Lipinski definition) is 0. The Balaban J connectivity index is 2.59. The third kappa shape index (κ3) is 2.75. The van der Waals surface area contributed by atoms with Crippen LogP contribution in [0.5, 0.6) is 0 Å². The Morgan fingerprint density at radius 2 is 1.70 bits per heavy atom. The van der Waals surface area contributed by atoms with Gasteiger partial charge in [0.1, 0.15) is 0 Å². The zero-order valence-corrected chi connectivity index (χ0v) is 9.09. The zero-order chi connectivity index (χ0) is 7.40. The molecule has 10 heavy (non-hydrogen) atoms. The van der Waals surface area contributed by atoms with Gasteiger partial charge in [-0.05, 0) is 0 Å². The van der Waals surface area contributed by atoms with Crippen LogP contribution in [0, 0.1) is 0 Å². The molecule has 0 aromatic heterocycles. The quantitative estimate of drug-likeness (QED) is 0.700. The van der Waals surface area contributed by atoms with Crippen molar-refractivity contribution in [2.24, 2.45) is 0 Å². The van der Waals surface area contributed by atoms with Crippen LogP contribution in [0.1, 0.15) is 5.56 Å². The molecule has 0 nitrogen and oxygen atoms in total. The van der Waals surface area contributed by atoms with E-state index < -0.39 is 20.2 Å². The van der Waals surface area contributed by atoms with E-state index in [2.05, 4.69) is 40.1 Å². The van der Waals surface area contributed by atoms with Crippen molar-refractivity contribution < 1.29 is 0 Å². The molecule has 1 aromatic rings. The van der Waals surface area contributed by atoms with Crippen molar-refractivity contribution >= 4 is 20.2 Å². The molecule has 0 heterocycles. The average Bonchev–Trinajstić information content (AvgIpc) is 1.88. The fraction of sp³-hybridized carbons (Fsp3) is 0.333. The van der Waals surface area contributed by atoms with Gasteiger partial charge < -0.3 is 0 Å². The van der Waals surface area contributed by atoms with Crippen molar-refractivity contribution in [3.05, 3.63) is 35.9 Å². The van der Waals surface area contributed by atoms with Crippen LogP contribution in [-0.4, -0.2) is 20.2 Å². The van der Waals surface area contributed by atoms with Gasteiger partial charge in [0.15, 0.2) is 0 Å². The van der Waals surface area contributed by atoms with Crippen molar-refractivity contribution in [2.75, 3.05) is 0 Å². The first-order valence-electron chi connectivity index (χ1n) is 3.47. The van der Waals surface area contributed by atoms with Gasteiger partial charge in [0.25, 0.3) is 0 Å². The molecule has 1 heteroatoms. The summed E-state index contributed by atoms with van der Waals surface area (Å²) < 4.78 is 1.38. The van der Waals surface area contributed by atoms with Crippen LogP contribution < -0.4 is 0 Å². The second-order valence-corrected chi connectivity index (χ2v) is 9.79. The second kappa shape index (κ2) is 4.03. The first-order valence-corrected chi connectivity index (χ1v) is 10.4. The Kier molecular flexibility index (Phi) is 3.28. The molecule has 0 bridgehead atoms. The van der Waals surface area contributed by atoms with Crippen LogP contribution in [0.25, 0.3) is 0 Å². The Morgan fingerprint density at radius 1 is 1.10 bits per heavy atom. The average molecular weight is 243 g/mol. The van der Waals surface area contributed by atoms with Gasteiger partial charge in [-0.25, -0.2) is 0 Å². The van der Waals surface area contributed by atoms with E-state index in [1.165, 1.54) is 9.93 Å². The number of rotatable bonds is 2. The normalized spacial score (nSPS) is 10.3. The van der Waals surface area contributed by atoms with E-state index in [9.17, 15) is 0 Å². The van der Waals surface area contributed by atoms with E-state index in [0.29, 0.717) is 0 Å². The van der Waals surface area contributed by atoms with Gasteiger partial charge in [-0.1, -0.05) is 0 Å². The summed E-state index contributed by atoms with van der Waals surface area (Å²) in [4.78, 5) is 4.85. The predicted molar refractivity (Wildman–Crippen MR) is 47.6 cm³/mol. The van der Waals surface area contributed by atoms with Crippen molar-refractivity contribution in [3.8, 4) is 0 Å². The molecule has 1 aromatic carbocycles. The molecule has 0 fully saturated rings. The minimum absolute atomic E-state index is 0.769. The summed E-state index contributed by atoms with van der Waals surface area (Å²) in [6.45, 7) is 0. The van der Waals surface area contributed by atoms with E-state index in [1.54, 1.807) is 0 Å². The SMILES string of the molecule is [CH3][Sb]([CH3])[CH2]c1ccccc1. The molecule has 0 aliphatic rings. The van der Waals surface area contributed by atoms with Gasteiger partial charge in [0.2, 0.25) is 0 Å². The Morgan fingerprint density at radius 3 is 2.20 bits per heavy atom. The van der Waals surface area contributed by atoms with Gasteiger partial charge in [0.05, 0.1) is 0 Å². The molecule has 0 N–H and O–H groups in total. The molecule has 0 saturated heterocycles.